The third-order valence-corrected chi connectivity index (χ3v) is 2.41. The molecule has 0 heterocycles. The lowest BCUT2D eigenvalue weighted by Crippen LogP contribution is -2.12. The minimum atomic E-state index is -0.382. The fourth-order valence-corrected chi connectivity index (χ4v) is 1.34. The molecule has 15 heavy (non-hydrogen) atoms. The first-order valence-corrected chi connectivity index (χ1v) is 5.23. The summed E-state index contributed by atoms with van der Waals surface area (Å²) < 4.78 is 0. The van der Waals surface area contributed by atoms with E-state index in [0.717, 1.165) is 0 Å². The van der Waals surface area contributed by atoms with Crippen LogP contribution in [0, 0.1) is 0 Å². The minimum absolute atomic E-state index is 0.269. The average molecular weight is 204 g/mol. The first-order valence-electron chi connectivity index (χ1n) is 5.23. The zero-order chi connectivity index (χ0) is 11.4. The number of benzene rings is 1. The third-order valence-electron chi connectivity index (χ3n) is 2.41. The monoisotopic (exact) mass is 204 g/mol. The molecule has 0 aliphatic heterocycles. The summed E-state index contributed by atoms with van der Waals surface area (Å²) in [6, 6.07) is 7.26. The molecule has 0 aliphatic carbocycles. The van der Waals surface area contributed by atoms with Crippen molar-refractivity contribution in [3.8, 4) is 0 Å². The van der Waals surface area contributed by atoms with Crippen LogP contribution in [0.2, 0.25) is 0 Å². The molecule has 0 amide bonds. The zero-order valence-corrected chi connectivity index (χ0v) is 9.41. The van der Waals surface area contributed by atoms with Crippen LogP contribution >= 0.6 is 0 Å². The molecule has 0 fully saturated rings. The summed E-state index contributed by atoms with van der Waals surface area (Å²) in [6.45, 7) is 5.88. The van der Waals surface area contributed by atoms with Crippen molar-refractivity contribution in [3.05, 3.63) is 35.4 Å². The van der Waals surface area contributed by atoms with Gasteiger partial charge in [0.2, 0.25) is 11.6 Å². The number of ketones is 2. The van der Waals surface area contributed by atoms with E-state index in [1.165, 1.54) is 5.56 Å². The molecule has 0 spiro atoms. The van der Waals surface area contributed by atoms with Crippen molar-refractivity contribution in [3.63, 3.8) is 0 Å². The van der Waals surface area contributed by atoms with Crippen molar-refractivity contribution in [2.75, 3.05) is 0 Å². The quantitative estimate of drug-likeness (QED) is 0.558. The molecule has 1 aromatic rings. The summed E-state index contributed by atoms with van der Waals surface area (Å²) in [5, 5.41) is 0. The topological polar surface area (TPSA) is 34.1 Å². The molecular formula is C13H16O2. The van der Waals surface area contributed by atoms with Gasteiger partial charge in [0.05, 0.1) is 0 Å². The fraction of sp³-hybridized carbons (Fsp3) is 0.385. The Balaban J connectivity index is 2.89. The van der Waals surface area contributed by atoms with Crippen molar-refractivity contribution in [2.45, 2.75) is 33.1 Å². The van der Waals surface area contributed by atoms with E-state index in [1.807, 2.05) is 12.1 Å². The second-order valence-electron chi connectivity index (χ2n) is 3.88. The number of rotatable bonds is 4. The third kappa shape index (κ3) is 2.75. The standard InChI is InChI=1S/C13H16O2/c1-4-12(14)13(15)11-7-5-10(6-8-11)9(2)3/h5-9H,4H2,1-3H3. The van der Waals surface area contributed by atoms with Crippen LogP contribution in [0.15, 0.2) is 24.3 Å². The summed E-state index contributed by atoms with van der Waals surface area (Å²) in [4.78, 5) is 22.7. The second kappa shape index (κ2) is 4.87. The summed E-state index contributed by atoms with van der Waals surface area (Å²) in [5.74, 6) is -0.267. The van der Waals surface area contributed by atoms with E-state index >= 15 is 0 Å². The van der Waals surface area contributed by atoms with Crippen LogP contribution in [-0.4, -0.2) is 11.6 Å². The van der Waals surface area contributed by atoms with Gasteiger partial charge in [0.1, 0.15) is 0 Å². The number of carbonyl (C=O) groups excluding carboxylic acids is 2. The van der Waals surface area contributed by atoms with Crippen LogP contribution in [0.5, 0.6) is 0 Å². The number of hydrogen-bond donors (Lipinski definition) is 0. The number of Topliss-reactive ketones (excluding diaryl/α,β-unsaturated/α-hetero) is 2. The Kier molecular flexibility index (Phi) is 3.78. The molecule has 80 valence electrons. The molecule has 0 N–H and O–H groups in total. The van der Waals surface area contributed by atoms with E-state index in [9.17, 15) is 9.59 Å². The molecule has 1 aromatic carbocycles. The summed E-state index contributed by atoms with van der Waals surface area (Å²) in [5.41, 5.74) is 1.67. The highest BCUT2D eigenvalue weighted by Gasteiger charge is 2.13. The molecule has 1 rings (SSSR count). The van der Waals surface area contributed by atoms with Gasteiger partial charge < -0.3 is 0 Å². The van der Waals surface area contributed by atoms with E-state index < -0.39 is 0 Å². The molecule has 2 nitrogen and oxygen atoms in total. The molecule has 0 aromatic heterocycles. The average Bonchev–Trinajstić information content (AvgIpc) is 2.27. The minimum Gasteiger partial charge on any atom is -0.290 e. The normalized spacial score (nSPS) is 10.4. The lowest BCUT2D eigenvalue weighted by molar-refractivity contribution is -0.114. The highest BCUT2D eigenvalue weighted by atomic mass is 16.2. The summed E-state index contributed by atoms with van der Waals surface area (Å²) in [6.07, 6.45) is 0.269. The lowest BCUT2D eigenvalue weighted by atomic mass is 9.99. The van der Waals surface area contributed by atoms with Gasteiger partial charge in [-0.1, -0.05) is 45.0 Å². The van der Waals surface area contributed by atoms with Gasteiger partial charge in [-0.15, -0.1) is 0 Å². The van der Waals surface area contributed by atoms with Gasteiger partial charge in [0.15, 0.2) is 0 Å². The van der Waals surface area contributed by atoms with Crippen LogP contribution in [0.25, 0.3) is 0 Å². The Hall–Kier alpha value is -1.44. The van der Waals surface area contributed by atoms with Crippen molar-refractivity contribution in [1.29, 1.82) is 0 Å². The Morgan fingerprint density at radius 2 is 1.67 bits per heavy atom. The molecule has 0 atom stereocenters. The molecule has 2 heteroatoms. The van der Waals surface area contributed by atoms with E-state index in [0.29, 0.717) is 11.5 Å². The molecule has 0 saturated carbocycles. The predicted octanol–water partition coefficient (Wildman–Crippen LogP) is 2.97. The van der Waals surface area contributed by atoms with E-state index in [2.05, 4.69) is 13.8 Å². The Morgan fingerprint density at radius 3 is 2.07 bits per heavy atom. The highest BCUT2D eigenvalue weighted by molar-refractivity contribution is 6.43. The number of hydrogen-bond acceptors (Lipinski definition) is 2. The number of carbonyl (C=O) groups is 2. The molecule has 0 unspecified atom stereocenters. The van der Waals surface area contributed by atoms with Crippen molar-refractivity contribution in [2.24, 2.45) is 0 Å². The van der Waals surface area contributed by atoms with Crippen molar-refractivity contribution in [1.82, 2.24) is 0 Å². The maximum atomic E-state index is 11.5. The fourth-order valence-electron chi connectivity index (χ4n) is 1.34. The Bertz CT molecular complexity index is 361. The van der Waals surface area contributed by atoms with Gasteiger partial charge in [0.25, 0.3) is 0 Å². The van der Waals surface area contributed by atoms with Crippen LogP contribution in [0.3, 0.4) is 0 Å². The first kappa shape index (κ1) is 11.6. The SMILES string of the molecule is CCC(=O)C(=O)c1ccc(C(C)C)cc1. The first-order chi connectivity index (χ1) is 7.06. The van der Waals surface area contributed by atoms with Gasteiger partial charge in [-0.05, 0) is 11.5 Å². The maximum absolute atomic E-state index is 11.5. The van der Waals surface area contributed by atoms with Gasteiger partial charge >= 0.3 is 0 Å². The molecule has 0 aliphatic rings. The summed E-state index contributed by atoms with van der Waals surface area (Å²) in [7, 11) is 0. The Morgan fingerprint density at radius 1 is 1.13 bits per heavy atom. The summed E-state index contributed by atoms with van der Waals surface area (Å²) >= 11 is 0. The van der Waals surface area contributed by atoms with Gasteiger partial charge in [-0.3, -0.25) is 9.59 Å². The van der Waals surface area contributed by atoms with Gasteiger partial charge in [-0.25, -0.2) is 0 Å². The maximum Gasteiger partial charge on any atom is 0.228 e. The van der Waals surface area contributed by atoms with Crippen molar-refractivity contribution < 1.29 is 9.59 Å². The van der Waals surface area contributed by atoms with Crippen molar-refractivity contribution >= 4 is 11.6 Å². The van der Waals surface area contributed by atoms with E-state index in [-0.39, 0.29) is 18.0 Å². The van der Waals surface area contributed by atoms with Crippen LogP contribution in [-0.2, 0) is 4.79 Å². The lowest BCUT2D eigenvalue weighted by Gasteiger charge is -2.05. The van der Waals surface area contributed by atoms with Crippen LogP contribution in [0.1, 0.15) is 49.0 Å². The van der Waals surface area contributed by atoms with E-state index in [1.54, 1.807) is 19.1 Å². The predicted molar refractivity (Wildman–Crippen MR) is 60.2 cm³/mol. The molecule has 0 saturated heterocycles. The second-order valence-corrected chi connectivity index (χ2v) is 3.88. The molecule has 0 radical (unpaired) electrons. The Labute approximate surface area is 90.3 Å². The molecular weight excluding hydrogens is 188 g/mol. The zero-order valence-electron chi connectivity index (χ0n) is 9.41. The van der Waals surface area contributed by atoms with Gasteiger partial charge in [0, 0.05) is 12.0 Å². The van der Waals surface area contributed by atoms with Crippen LogP contribution in [0.4, 0.5) is 0 Å². The van der Waals surface area contributed by atoms with Gasteiger partial charge in [-0.2, -0.15) is 0 Å². The smallest absolute Gasteiger partial charge is 0.228 e. The molecule has 0 bridgehead atoms. The van der Waals surface area contributed by atoms with E-state index in [4.69, 9.17) is 0 Å². The highest BCUT2D eigenvalue weighted by Crippen LogP contribution is 2.15. The van der Waals surface area contributed by atoms with Crippen LogP contribution < -0.4 is 0 Å². The largest absolute Gasteiger partial charge is 0.290 e.